The van der Waals surface area contributed by atoms with E-state index in [0.717, 1.165) is 38.7 Å². The maximum atomic E-state index is 13.8. The summed E-state index contributed by atoms with van der Waals surface area (Å²) in [4.78, 5) is 28.9. The number of rotatable bonds is 10. The van der Waals surface area contributed by atoms with Crippen LogP contribution in [0.15, 0.2) is 77.3 Å². The molecule has 0 spiro atoms. The van der Waals surface area contributed by atoms with Crippen molar-refractivity contribution >= 4 is 27.7 Å². The summed E-state index contributed by atoms with van der Waals surface area (Å²) in [5, 5.41) is 3.03. The Hall–Kier alpha value is -2.92. The molecule has 0 aromatic heterocycles. The van der Waals surface area contributed by atoms with Gasteiger partial charge in [-0.05, 0) is 54.7 Å². The minimum Gasteiger partial charge on any atom is -0.354 e. The molecule has 178 valence electrons. The van der Waals surface area contributed by atoms with Crippen molar-refractivity contribution in [2.75, 3.05) is 6.54 Å². The quantitative estimate of drug-likeness (QED) is 0.368. The average molecular weight is 521 g/mol. The van der Waals surface area contributed by atoms with Crippen LogP contribution in [0.4, 0.5) is 0 Å². The SMILES string of the molecule is CCCNC(=O)C(Cc1ccccc1)N(Cc1ccc(Br)cc1)C(=O)Cc1cc(C)ccc1C. The number of halogens is 1. The van der Waals surface area contributed by atoms with Crippen LogP contribution in [0.25, 0.3) is 0 Å². The highest BCUT2D eigenvalue weighted by Crippen LogP contribution is 2.20. The van der Waals surface area contributed by atoms with E-state index in [0.29, 0.717) is 19.5 Å². The first-order valence-electron chi connectivity index (χ1n) is 11.8. The Kier molecular flexibility index (Phi) is 9.46. The van der Waals surface area contributed by atoms with Gasteiger partial charge in [-0.2, -0.15) is 0 Å². The summed E-state index contributed by atoms with van der Waals surface area (Å²) in [6.45, 7) is 7.03. The number of benzene rings is 3. The minimum absolute atomic E-state index is 0.0517. The summed E-state index contributed by atoms with van der Waals surface area (Å²) < 4.78 is 0.978. The van der Waals surface area contributed by atoms with Crippen LogP contribution in [0.1, 0.15) is 41.2 Å². The van der Waals surface area contributed by atoms with Crippen molar-refractivity contribution in [3.8, 4) is 0 Å². The third-order valence-corrected chi connectivity index (χ3v) is 6.46. The summed E-state index contributed by atoms with van der Waals surface area (Å²) in [6, 6.07) is 23.4. The van der Waals surface area contributed by atoms with Crippen molar-refractivity contribution in [2.24, 2.45) is 0 Å². The maximum Gasteiger partial charge on any atom is 0.243 e. The van der Waals surface area contributed by atoms with Crippen LogP contribution < -0.4 is 5.32 Å². The van der Waals surface area contributed by atoms with Crippen LogP contribution >= 0.6 is 15.9 Å². The van der Waals surface area contributed by atoms with Gasteiger partial charge in [-0.3, -0.25) is 9.59 Å². The van der Waals surface area contributed by atoms with E-state index in [9.17, 15) is 9.59 Å². The zero-order valence-electron chi connectivity index (χ0n) is 20.2. The van der Waals surface area contributed by atoms with Gasteiger partial charge in [0.15, 0.2) is 0 Å². The lowest BCUT2D eigenvalue weighted by molar-refractivity contribution is -0.140. The zero-order valence-corrected chi connectivity index (χ0v) is 21.8. The van der Waals surface area contributed by atoms with Crippen molar-refractivity contribution in [3.05, 3.63) is 105 Å². The Morgan fingerprint density at radius 2 is 1.65 bits per heavy atom. The van der Waals surface area contributed by atoms with Crippen LogP contribution in [-0.4, -0.2) is 29.3 Å². The topological polar surface area (TPSA) is 49.4 Å². The third-order valence-electron chi connectivity index (χ3n) is 5.93. The van der Waals surface area contributed by atoms with Gasteiger partial charge in [-0.1, -0.05) is 89.1 Å². The fourth-order valence-corrected chi connectivity index (χ4v) is 4.23. The highest BCUT2D eigenvalue weighted by molar-refractivity contribution is 9.10. The van der Waals surface area contributed by atoms with Gasteiger partial charge in [0.25, 0.3) is 0 Å². The molecule has 0 fully saturated rings. The number of hydrogen-bond donors (Lipinski definition) is 1. The number of nitrogens with zero attached hydrogens (tertiary/aromatic N) is 1. The molecule has 0 saturated heterocycles. The van der Waals surface area contributed by atoms with Crippen molar-refractivity contribution in [2.45, 2.75) is 52.6 Å². The Balaban J connectivity index is 1.97. The van der Waals surface area contributed by atoms with E-state index in [4.69, 9.17) is 0 Å². The summed E-state index contributed by atoms with van der Waals surface area (Å²) in [5.41, 5.74) is 5.21. The van der Waals surface area contributed by atoms with Gasteiger partial charge in [0.2, 0.25) is 11.8 Å². The second-order valence-corrected chi connectivity index (χ2v) is 9.67. The molecular formula is C29H33BrN2O2. The number of carbonyl (C=O) groups excluding carboxylic acids is 2. The lowest BCUT2D eigenvalue weighted by Crippen LogP contribution is -2.51. The van der Waals surface area contributed by atoms with Crippen molar-refractivity contribution in [1.82, 2.24) is 10.2 Å². The van der Waals surface area contributed by atoms with Crippen LogP contribution in [0.5, 0.6) is 0 Å². The molecule has 1 N–H and O–H groups in total. The summed E-state index contributed by atoms with van der Waals surface area (Å²) in [5.74, 6) is -0.165. The predicted octanol–water partition coefficient (Wildman–Crippen LogP) is 5.77. The number of nitrogens with one attached hydrogen (secondary N) is 1. The first-order chi connectivity index (χ1) is 16.4. The molecule has 34 heavy (non-hydrogen) atoms. The summed E-state index contributed by atoms with van der Waals surface area (Å²) in [6.07, 6.45) is 1.56. The Labute approximate surface area is 211 Å². The van der Waals surface area contributed by atoms with Crippen molar-refractivity contribution in [3.63, 3.8) is 0 Å². The largest absolute Gasteiger partial charge is 0.354 e. The Morgan fingerprint density at radius 1 is 0.941 bits per heavy atom. The normalized spacial score (nSPS) is 11.6. The van der Waals surface area contributed by atoms with Crippen LogP contribution in [-0.2, 0) is 29.0 Å². The lowest BCUT2D eigenvalue weighted by Gasteiger charge is -2.32. The average Bonchev–Trinajstić information content (AvgIpc) is 2.83. The Bertz CT molecular complexity index is 1100. The lowest BCUT2D eigenvalue weighted by atomic mass is 9.99. The highest BCUT2D eigenvalue weighted by atomic mass is 79.9. The van der Waals surface area contributed by atoms with Crippen LogP contribution in [0, 0.1) is 13.8 Å². The van der Waals surface area contributed by atoms with Gasteiger partial charge in [0, 0.05) is 24.0 Å². The molecule has 0 bridgehead atoms. The fourth-order valence-electron chi connectivity index (χ4n) is 3.96. The smallest absolute Gasteiger partial charge is 0.243 e. The molecule has 5 heteroatoms. The number of hydrogen-bond acceptors (Lipinski definition) is 2. The number of carbonyl (C=O) groups is 2. The number of aryl methyl sites for hydroxylation is 2. The molecule has 1 unspecified atom stereocenters. The first kappa shape index (κ1) is 25.7. The van der Waals surface area contributed by atoms with Crippen molar-refractivity contribution in [1.29, 1.82) is 0 Å². The first-order valence-corrected chi connectivity index (χ1v) is 12.6. The summed E-state index contributed by atoms with van der Waals surface area (Å²) in [7, 11) is 0. The molecule has 0 aliphatic rings. The molecule has 0 radical (unpaired) electrons. The molecule has 3 aromatic carbocycles. The number of amides is 2. The van der Waals surface area contributed by atoms with Gasteiger partial charge in [0.05, 0.1) is 6.42 Å². The molecule has 2 amide bonds. The third kappa shape index (κ3) is 7.29. The van der Waals surface area contributed by atoms with E-state index in [-0.39, 0.29) is 18.2 Å². The van der Waals surface area contributed by atoms with Crippen LogP contribution in [0.2, 0.25) is 0 Å². The van der Waals surface area contributed by atoms with Gasteiger partial charge in [-0.25, -0.2) is 0 Å². The van der Waals surface area contributed by atoms with E-state index in [1.807, 2.05) is 81.4 Å². The van der Waals surface area contributed by atoms with Crippen molar-refractivity contribution < 1.29 is 9.59 Å². The van der Waals surface area contributed by atoms with Gasteiger partial charge < -0.3 is 10.2 Å². The molecule has 3 aromatic rings. The second-order valence-electron chi connectivity index (χ2n) is 8.75. The molecule has 0 aliphatic carbocycles. The maximum absolute atomic E-state index is 13.8. The van der Waals surface area contributed by atoms with E-state index in [1.165, 1.54) is 0 Å². The Morgan fingerprint density at radius 3 is 2.32 bits per heavy atom. The molecule has 3 rings (SSSR count). The van der Waals surface area contributed by atoms with E-state index in [2.05, 4.69) is 33.4 Å². The van der Waals surface area contributed by atoms with Gasteiger partial charge >= 0.3 is 0 Å². The monoisotopic (exact) mass is 520 g/mol. The molecule has 1 atom stereocenters. The molecular weight excluding hydrogens is 488 g/mol. The minimum atomic E-state index is -0.602. The van der Waals surface area contributed by atoms with Crippen LogP contribution in [0.3, 0.4) is 0 Å². The molecule has 0 heterocycles. The fraction of sp³-hybridized carbons (Fsp3) is 0.310. The van der Waals surface area contributed by atoms with E-state index >= 15 is 0 Å². The molecule has 0 saturated carbocycles. The predicted molar refractivity (Wildman–Crippen MR) is 142 cm³/mol. The second kappa shape index (κ2) is 12.5. The van der Waals surface area contributed by atoms with Gasteiger partial charge in [-0.15, -0.1) is 0 Å². The standard InChI is InChI=1S/C29H33BrN2O2/c1-4-16-31-29(34)27(18-23-8-6-5-7-9-23)32(20-24-12-14-26(30)15-13-24)28(33)19-25-17-21(2)10-11-22(25)3/h5-15,17,27H,4,16,18-20H2,1-3H3,(H,31,34). The van der Waals surface area contributed by atoms with E-state index < -0.39 is 6.04 Å². The van der Waals surface area contributed by atoms with E-state index in [1.54, 1.807) is 4.90 Å². The summed E-state index contributed by atoms with van der Waals surface area (Å²) >= 11 is 3.48. The zero-order chi connectivity index (χ0) is 24.5. The molecule has 4 nitrogen and oxygen atoms in total. The highest BCUT2D eigenvalue weighted by Gasteiger charge is 2.30. The molecule has 0 aliphatic heterocycles. The van der Waals surface area contributed by atoms with Gasteiger partial charge in [0.1, 0.15) is 6.04 Å².